The van der Waals surface area contributed by atoms with Gasteiger partial charge in [-0.2, -0.15) is 0 Å². The zero-order valence-corrected chi connectivity index (χ0v) is 11.0. The lowest BCUT2D eigenvalue weighted by molar-refractivity contribution is 0.149. The second-order valence-electron chi connectivity index (χ2n) is 4.56. The van der Waals surface area contributed by atoms with Gasteiger partial charge in [-0.3, -0.25) is 0 Å². The highest BCUT2D eigenvalue weighted by Gasteiger charge is 2.32. The summed E-state index contributed by atoms with van der Waals surface area (Å²) in [5.74, 6) is 1.17. The third-order valence-corrected chi connectivity index (χ3v) is 7.14. The summed E-state index contributed by atoms with van der Waals surface area (Å²) in [7, 11) is -0.869. The normalized spacial score (nSPS) is 17.5. The summed E-state index contributed by atoms with van der Waals surface area (Å²) in [5, 5.41) is 10.2. The van der Waals surface area contributed by atoms with Crippen molar-refractivity contribution in [1.82, 2.24) is 0 Å². The Morgan fingerprint density at radius 1 is 1.36 bits per heavy atom. The summed E-state index contributed by atoms with van der Waals surface area (Å²) >= 11 is 0. The van der Waals surface area contributed by atoms with Crippen LogP contribution in [0.2, 0.25) is 0 Å². The molecule has 0 radical (unpaired) electrons. The molecule has 0 aliphatic rings. The molecular formula is C12H26OS. The maximum Gasteiger partial charge on any atom is 0.0916 e. The van der Waals surface area contributed by atoms with E-state index in [0.29, 0.717) is 0 Å². The van der Waals surface area contributed by atoms with Crippen molar-refractivity contribution in [2.75, 3.05) is 18.3 Å². The van der Waals surface area contributed by atoms with Gasteiger partial charge in [0.05, 0.1) is 4.93 Å². The molecule has 0 aliphatic heterocycles. The number of hydrogen-bond donors (Lipinski definition) is 1. The SMILES string of the molecule is C=CCCCCS(C)(C)C(C)(O)CC. The van der Waals surface area contributed by atoms with Gasteiger partial charge < -0.3 is 5.11 Å². The molecule has 0 amide bonds. The van der Waals surface area contributed by atoms with Crippen LogP contribution in [0.3, 0.4) is 0 Å². The quantitative estimate of drug-likeness (QED) is 0.512. The average Bonchev–Trinajstić information content (AvgIpc) is 2.12. The number of allylic oxidation sites excluding steroid dienone is 1. The highest BCUT2D eigenvalue weighted by atomic mass is 32.3. The first kappa shape index (κ1) is 14.1. The molecule has 0 rings (SSSR count). The average molecular weight is 218 g/mol. The van der Waals surface area contributed by atoms with E-state index in [1.807, 2.05) is 13.0 Å². The first-order valence-electron chi connectivity index (χ1n) is 5.41. The molecule has 0 aromatic heterocycles. The van der Waals surface area contributed by atoms with Crippen molar-refractivity contribution < 1.29 is 5.11 Å². The van der Waals surface area contributed by atoms with E-state index in [4.69, 9.17) is 0 Å². The van der Waals surface area contributed by atoms with E-state index in [1.54, 1.807) is 0 Å². The maximum absolute atomic E-state index is 10.2. The second-order valence-corrected chi connectivity index (χ2v) is 8.92. The Kier molecular flexibility index (Phi) is 5.84. The Morgan fingerprint density at radius 3 is 2.36 bits per heavy atom. The van der Waals surface area contributed by atoms with Crippen LogP contribution in [0.1, 0.15) is 39.5 Å². The largest absolute Gasteiger partial charge is 0.381 e. The van der Waals surface area contributed by atoms with Crippen LogP contribution in [0.25, 0.3) is 0 Å². The molecule has 2 heteroatoms. The van der Waals surface area contributed by atoms with Gasteiger partial charge in [-0.1, -0.05) is 13.0 Å². The molecule has 0 saturated carbocycles. The van der Waals surface area contributed by atoms with Gasteiger partial charge in [0.15, 0.2) is 0 Å². The van der Waals surface area contributed by atoms with E-state index < -0.39 is 15.0 Å². The van der Waals surface area contributed by atoms with Gasteiger partial charge in [-0.05, 0) is 50.9 Å². The van der Waals surface area contributed by atoms with Gasteiger partial charge in [0.1, 0.15) is 0 Å². The molecular weight excluding hydrogens is 192 g/mol. The fourth-order valence-corrected chi connectivity index (χ4v) is 3.51. The summed E-state index contributed by atoms with van der Waals surface area (Å²) in [6.07, 6.45) is 10.8. The van der Waals surface area contributed by atoms with Crippen LogP contribution in [-0.2, 0) is 0 Å². The topological polar surface area (TPSA) is 20.2 Å². The summed E-state index contributed by atoms with van der Waals surface area (Å²) in [6, 6.07) is 0. The van der Waals surface area contributed by atoms with Crippen LogP contribution >= 0.6 is 10.0 Å². The predicted molar refractivity (Wildman–Crippen MR) is 69.3 cm³/mol. The van der Waals surface area contributed by atoms with Crippen molar-refractivity contribution in [3.8, 4) is 0 Å². The van der Waals surface area contributed by atoms with E-state index >= 15 is 0 Å². The van der Waals surface area contributed by atoms with Crippen LogP contribution in [-0.4, -0.2) is 28.3 Å². The summed E-state index contributed by atoms with van der Waals surface area (Å²) in [6.45, 7) is 7.77. The molecule has 0 fully saturated rings. The lowest BCUT2D eigenvalue weighted by Gasteiger charge is -2.45. The van der Waals surface area contributed by atoms with E-state index in [0.717, 1.165) is 12.8 Å². The van der Waals surface area contributed by atoms with Crippen molar-refractivity contribution in [1.29, 1.82) is 0 Å². The molecule has 1 N–H and O–H groups in total. The van der Waals surface area contributed by atoms with Crippen molar-refractivity contribution in [2.24, 2.45) is 0 Å². The third kappa shape index (κ3) is 4.05. The predicted octanol–water partition coefficient (Wildman–Crippen LogP) is 3.53. The van der Waals surface area contributed by atoms with Gasteiger partial charge in [-0.25, -0.2) is 10.0 Å². The smallest absolute Gasteiger partial charge is 0.0916 e. The fourth-order valence-electron chi connectivity index (χ4n) is 1.36. The highest BCUT2D eigenvalue weighted by Crippen LogP contribution is 2.53. The van der Waals surface area contributed by atoms with Crippen LogP contribution in [0.4, 0.5) is 0 Å². The van der Waals surface area contributed by atoms with Crippen molar-refractivity contribution in [3.05, 3.63) is 12.7 Å². The molecule has 0 bridgehead atoms. The van der Waals surface area contributed by atoms with Crippen molar-refractivity contribution in [3.63, 3.8) is 0 Å². The Bertz CT molecular complexity index is 173. The summed E-state index contributed by atoms with van der Waals surface area (Å²) in [5.41, 5.74) is 0. The molecule has 0 heterocycles. The molecule has 0 aromatic carbocycles. The van der Waals surface area contributed by atoms with Gasteiger partial charge >= 0.3 is 0 Å². The highest BCUT2D eigenvalue weighted by molar-refractivity contribution is 8.33. The van der Waals surface area contributed by atoms with Gasteiger partial charge in [0, 0.05) is 0 Å². The van der Waals surface area contributed by atoms with E-state index in [1.165, 1.54) is 18.6 Å². The Balaban J connectivity index is 4.00. The fraction of sp³-hybridized carbons (Fsp3) is 0.833. The van der Waals surface area contributed by atoms with E-state index in [2.05, 4.69) is 26.0 Å². The first-order valence-corrected chi connectivity index (χ1v) is 8.03. The minimum atomic E-state index is -0.869. The van der Waals surface area contributed by atoms with Crippen LogP contribution < -0.4 is 0 Å². The standard InChI is InChI=1S/C12H26OS/c1-6-8-9-10-11-14(4,5)12(3,13)7-2/h6,13H,1,7-11H2,2-5H3. The van der Waals surface area contributed by atoms with E-state index in [-0.39, 0.29) is 0 Å². The van der Waals surface area contributed by atoms with Gasteiger partial charge in [0.2, 0.25) is 0 Å². The van der Waals surface area contributed by atoms with E-state index in [9.17, 15) is 5.11 Å². The molecule has 14 heavy (non-hydrogen) atoms. The Hall–Kier alpha value is 0.0500. The van der Waals surface area contributed by atoms with Crippen LogP contribution in [0.5, 0.6) is 0 Å². The van der Waals surface area contributed by atoms with Crippen molar-refractivity contribution >= 4 is 10.0 Å². The lowest BCUT2D eigenvalue weighted by Crippen LogP contribution is -2.31. The molecule has 1 atom stereocenters. The van der Waals surface area contributed by atoms with Crippen LogP contribution in [0, 0.1) is 0 Å². The zero-order chi connectivity index (χ0) is 11.2. The Morgan fingerprint density at radius 2 is 1.93 bits per heavy atom. The Labute approximate surface area is 90.9 Å². The maximum atomic E-state index is 10.2. The lowest BCUT2D eigenvalue weighted by atomic mass is 10.2. The molecule has 0 aromatic rings. The summed E-state index contributed by atoms with van der Waals surface area (Å²) in [4.78, 5) is -0.457. The molecule has 0 spiro atoms. The number of rotatable bonds is 7. The molecule has 0 aliphatic carbocycles. The number of aliphatic hydroxyl groups is 1. The third-order valence-electron chi connectivity index (χ3n) is 3.16. The molecule has 86 valence electrons. The van der Waals surface area contributed by atoms with Crippen molar-refractivity contribution in [2.45, 2.75) is 44.5 Å². The molecule has 1 nitrogen and oxygen atoms in total. The second kappa shape index (κ2) is 5.82. The van der Waals surface area contributed by atoms with Crippen LogP contribution in [0.15, 0.2) is 12.7 Å². The van der Waals surface area contributed by atoms with Gasteiger partial charge in [0.25, 0.3) is 0 Å². The number of unbranched alkanes of at least 4 members (excludes halogenated alkanes) is 2. The molecule has 1 unspecified atom stereocenters. The van der Waals surface area contributed by atoms with Gasteiger partial charge in [-0.15, -0.1) is 6.58 Å². The monoisotopic (exact) mass is 218 g/mol. The first-order chi connectivity index (χ1) is 6.37. The zero-order valence-electron chi connectivity index (χ0n) is 10.2. The minimum absolute atomic E-state index is 0.457. The minimum Gasteiger partial charge on any atom is -0.381 e. The molecule has 0 saturated heterocycles. The number of hydrogen-bond acceptors (Lipinski definition) is 1. The summed E-state index contributed by atoms with van der Waals surface area (Å²) < 4.78 is 0.